The van der Waals surface area contributed by atoms with Crippen molar-refractivity contribution in [1.29, 1.82) is 0 Å². The highest BCUT2D eigenvalue weighted by Gasteiger charge is 2.40. The number of benzene rings is 18. The van der Waals surface area contributed by atoms with Crippen molar-refractivity contribution in [2.45, 2.75) is 125 Å². The van der Waals surface area contributed by atoms with Crippen LogP contribution >= 0.6 is 15.9 Å². The van der Waals surface area contributed by atoms with E-state index in [-0.39, 0.29) is 26.5 Å². The molecule has 2 aliphatic rings. The van der Waals surface area contributed by atoms with Crippen LogP contribution in [0.3, 0.4) is 0 Å². The number of ether oxygens (including phenoxy) is 2. The summed E-state index contributed by atoms with van der Waals surface area (Å²) in [5.74, 6) is 6.20. The van der Waals surface area contributed by atoms with Crippen LogP contribution in [0.15, 0.2) is 453 Å². The first-order valence-corrected chi connectivity index (χ1v) is 49.3. The maximum absolute atomic E-state index is 7.07. The summed E-state index contributed by atoms with van der Waals surface area (Å²) in [6.07, 6.45) is 0.844. The highest BCUT2D eigenvalue weighted by Crippen LogP contribution is 2.49. The summed E-state index contributed by atoms with van der Waals surface area (Å²) in [4.78, 5) is 11.8. The zero-order valence-corrected chi connectivity index (χ0v) is 83.1. The lowest BCUT2D eigenvalue weighted by Crippen LogP contribution is -2.57. The maximum Gasteiger partial charge on any atom is 0.251 e. The van der Waals surface area contributed by atoms with E-state index in [9.17, 15) is 0 Å². The van der Waals surface area contributed by atoms with E-state index in [1.54, 1.807) is 0 Å². The van der Waals surface area contributed by atoms with Crippen LogP contribution in [0.25, 0.3) is 0 Å². The van der Waals surface area contributed by atoms with Crippen LogP contribution in [0.1, 0.15) is 163 Å². The minimum atomic E-state index is -0.00396. The van der Waals surface area contributed by atoms with Crippen molar-refractivity contribution in [3.63, 3.8) is 0 Å². The quantitative estimate of drug-likeness (QED) is 0.0528. The smallest absolute Gasteiger partial charge is 0.251 e. The highest BCUT2D eigenvalue weighted by molar-refractivity contribution is 9.10. The van der Waals surface area contributed by atoms with Crippen molar-refractivity contribution in [2.75, 3.05) is 24.5 Å². The maximum atomic E-state index is 7.07. The fraction of sp³-hybridized carbons (Fsp3) is 0.150. The number of para-hydroxylation sites is 11. The molecule has 3 radical (unpaired) electrons. The molecule has 0 fully saturated rings. The Hall–Kier alpha value is -14.8. The summed E-state index contributed by atoms with van der Waals surface area (Å²) in [5, 5.41) is 0. The summed E-state index contributed by atoms with van der Waals surface area (Å²) in [7, 11) is 0. The second-order valence-electron chi connectivity index (χ2n) is 37.6. The first-order chi connectivity index (χ1) is 66.9. The van der Waals surface area contributed by atoms with Crippen LogP contribution in [-0.2, 0) is 6.42 Å². The predicted octanol–water partition coefficient (Wildman–Crippen LogP) is 32.5. The Bertz CT molecular complexity index is 6700. The molecule has 7 nitrogen and oxygen atoms in total. The molecule has 2 aliphatic heterocycles. The number of rotatable bonds is 25. The minimum Gasteiger partial charge on any atom is -0.458 e. The molecule has 18 aromatic carbocycles. The molecule has 18 aromatic rings. The van der Waals surface area contributed by atoms with E-state index >= 15 is 0 Å². The van der Waals surface area contributed by atoms with E-state index in [4.69, 9.17) is 9.47 Å². The van der Waals surface area contributed by atoms with Gasteiger partial charge in [-0.15, -0.1) is 0 Å². The zero-order chi connectivity index (χ0) is 94.6. The van der Waals surface area contributed by atoms with Crippen LogP contribution in [0.4, 0.5) is 90.0 Å². The van der Waals surface area contributed by atoms with Gasteiger partial charge in [-0.05, 0) is 284 Å². The molecule has 0 aromatic heterocycles. The van der Waals surface area contributed by atoms with Gasteiger partial charge in [0.05, 0.1) is 17.1 Å². The minimum absolute atomic E-state index is 0. The topological polar surface area (TPSA) is 34.7 Å². The van der Waals surface area contributed by atoms with Crippen molar-refractivity contribution < 1.29 is 14.2 Å². The lowest BCUT2D eigenvalue weighted by Gasteiger charge is -2.34. The third kappa shape index (κ3) is 21.6. The Morgan fingerprint density at radius 3 is 0.712 bits per heavy atom. The number of hydrogen-bond donors (Lipinski definition) is 0. The molecule has 0 spiro atoms. The molecule has 0 bridgehead atoms. The van der Waals surface area contributed by atoms with Crippen LogP contribution in [0.5, 0.6) is 23.0 Å². The number of nitrogens with zero attached hydrogens (tertiary/aromatic N) is 5. The van der Waals surface area contributed by atoms with Gasteiger partial charge >= 0.3 is 0 Å². The molecule has 0 N–H and O–H groups in total. The Kier molecular flexibility index (Phi) is 31.2. The van der Waals surface area contributed by atoms with Crippen LogP contribution < -0.4 is 66.8 Å². The SMILES string of the molecule is CC(C)c1cc(C(C)C)c(B2c3ccccc3Oc3cc(Br)ccc32)c(C(C)C)c1.CC(C)c1cc(C(C)C)c(B2c3ccccc3Oc3cc(N(c4ccccc4)c4cc(N(c5ccccc5)c5ccccc5)cc(N(c5ccccc5)c5ccccc5)c4)ccc32)c(C(C)C)c1.F.[B].c1ccc(Cc2cc(N(c3ccccc3)c3ccccc3)cc(N(c3ccccc3)c3ccccc3)c2)cc1. The molecule has 0 saturated carbocycles. The molecule has 687 valence electrons. The average molecular weight is 1880 g/mol. The average Bonchev–Trinajstić information content (AvgIpc) is 0.733. The largest absolute Gasteiger partial charge is 0.458 e. The molecule has 139 heavy (non-hydrogen) atoms. The van der Waals surface area contributed by atoms with E-state index in [1.165, 1.54) is 77.3 Å². The highest BCUT2D eigenvalue weighted by atomic mass is 79.9. The second-order valence-corrected chi connectivity index (χ2v) is 38.5. The number of hydrogen-bond acceptors (Lipinski definition) is 7. The molecule has 0 saturated heterocycles. The summed E-state index contributed by atoms with van der Waals surface area (Å²) in [5.41, 5.74) is 34.9. The van der Waals surface area contributed by atoms with E-state index in [1.807, 2.05) is 0 Å². The lowest BCUT2D eigenvalue weighted by atomic mass is 9.34. The Morgan fingerprint density at radius 2 is 0.439 bits per heavy atom. The standard InChI is InChI=1S/C63H58BN3O.C37H30N2.C27H30BBrO.B.FH/c1-44(2)47-38-57(45(3)4)63(58(39-47)46(5)6)64-59-34-22-23-35-61(59)68-62-43-53(36-37-60(62)64)67(52-32-20-11-21-33-52)56-41-54(65(48-24-12-7-13-25-48)49-26-14-8-15-27-49)40-55(42-56)66(50-28-16-9-17-29-50)51-30-18-10-19-31-51;1-6-16-30(17-7-1)26-31-27-36(38(32-18-8-2-9-19-32)33-20-10-3-11-21-33)29-37(28-31)39(34-22-12-4-13-23-34)35-24-14-5-15-25-35;1-16(2)19-13-21(17(3)4)27(22(14-19)18(5)6)28-23-9-7-8-10-25(23)30-26-15-20(29)11-12-24(26)28;;/h7-46H,1-6H3;1-25,27-29H,26H2;7-18H,1-6H3;;1H. The fourth-order valence-electron chi connectivity index (χ4n) is 19.6. The van der Waals surface area contributed by atoms with Gasteiger partial charge in [0, 0.05) is 87.2 Å². The van der Waals surface area contributed by atoms with Gasteiger partial charge in [-0.25, -0.2) is 0 Å². The molecular formula is C127H119B3BrFN5O2. The molecule has 20 rings (SSSR count). The third-order valence-corrected chi connectivity index (χ3v) is 26.7. The Morgan fingerprint density at radius 1 is 0.209 bits per heavy atom. The van der Waals surface area contributed by atoms with Gasteiger partial charge in [-0.3, -0.25) is 4.70 Å². The van der Waals surface area contributed by atoms with Crippen molar-refractivity contribution in [2.24, 2.45) is 0 Å². The zero-order valence-electron chi connectivity index (χ0n) is 81.5. The molecule has 12 heteroatoms. The molecular weight excluding hydrogens is 1760 g/mol. The molecule has 0 atom stereocenters. The monoisotopic (exact) mass is 1880 g/mol. The Balaban J connectivity index is 0.000000166. The van der Waals surface area contributed by atoms with Crippen molar-refractivity contribution in [3.05, 3.63) is 498 Å². The fourth-order valence-corrected chi connectivity index (χ4v) is 19.9. The molecule has 2 heterocycles. The molecule has 0 unspecified atom stereocenters. The second kappa shape index (κ2) is 44.5. The summed E-state index contributed by atoms with van der Waals surface area (Å²) < 4.78 is 14.5. The summed E-state index contributed by atoms with van der Waals surface area (Å²) >= 11 is 3.63. The summed E-state index contributed by atoms with van der Waals surface area (Å²) in [6.45, 7) is 28.0. The Labute approximate surface area is 834 Å². The van der Waals surface area contributed by atoms with E-state index in [0.717, 1.165) is 119 Å². The van der Waals surface area contributed by atoms with Crippen LogP contribution in [-0.4, -0.2) is 21.8 Å². The third-order valence-electron chi connectivity index (χ3n) is 26.2. The first-order valence-electron chi connectivity index (χ1n) is 48.5. The van der Waals surface area contributed by atoms with Gasteiger partial charge in [-0.1, -0.05) is 377 Å². The van der Waals surface area contributed by atoms with E-state index < -0.39 is 0 Å². The van der Waals surface area contributed by atoms with Gasteiger partial charge in [0.25, 0.3) is 13.4 Å². The summed E-state index contributed by atoms with van der Waals surface area (Å²) in [6, 6.07) is 161. The van der Waals surface area contributed by atoms with Crippen molar-refractivity contribution >= 4 is 156 Å². The van der Waals surface area contributed by atoms with E-state index in [0.29, 0.717) is 35.5 Å². The van der Waals surface area contributed by atoms with E-state index in [2.05, 4.69) is 572 Å². The van der Waals surface area contributed by atoms with Gasteiger partial charge in [0.15, 0.2) is 0 Å². The predicted molar refractivity (Wildman–Crippen MR) is 598 cm³/mol. The lowest BCUT2D eigenvalue weighted by molar-refractivity contribution is 0.487. The van der Waals surface area contributed by atoms with Crippen LogP contribution in [0, 0.1) is 0 Å². The van der Waals surface area contributed by atoms with Crippen molar-refractivity contribution in [1.82, 2.24) is 0 Å². The number of anilines is 15. The van der Waals surface area contributed by atoms with Gasteiger partial charge in [-0.2, -0.15) is 0 Å². The normalized spacial score (nSPS) is 11.6. The molecule has 0 aliphatic carbocycles. The first kappa shape index (κ1) is 97.3. The van der Waals surface area contributed by atoms with Gasteiger partial charge < -0.3 is 34.0 Å². The number of halogens is 2. The van der Waals surface area contributed by atoms with Crippen LogP contribution in [0.2, 0.25) is 0 Å². The molecule has 0 amide bonds. The van der Waals surface area contributed by atoms with Gasteiger partial charge in [0.1, 0.15) is 23.0 Å². The number of fused-ring (bicyclic) bond motifs is 4. The van der Waals surface area contributed by atoms with Crippen molar-refractivity contribution in [3.8, 4) is 23.0 Å². The van der Waals surface area contributed by atoms with Gasteiger partial charge in [0.2, 0.25) is 0 Å².